The average molecular weight is 331 g/mol. The number of ether oxygens (including phenoxy) is 1. The van der Waals surface area contributed by atoms with Crippen molar-refractivity contribution in [2.75, 3.05) is 12.8 Å². The summed E-state index contributed by atoms with van der Waals surface area (Å²) in [6, 6.07) is 3.98. The highest BCUT2D eigenvalue weighted by Gasteiger charge is 2.32. The van der Waals surface area contributed by atoms with Crippen LogP contribution in [0.25, 0.3) is 5.69 Å². The Bertz CT molecular complexity index is 980. The first-order valence-corrected chi connectivity index (χ1v) is 6.64. The second-order valence-electron chi connectivity index (χ2n) is 4.93. The van der Waals surface area contributed by atoms with Gasteiger partial charge in [0, 0.05) is 6.07 Å². The molecule has 1 aliphatic heterocycles. The standard InChI is InChI=1S/C15H10FN3O5/c1-24-15(23)7-4-6(16)2-3-9(7)19-10(20)5-8-11(12(19)17)14(22)18-13(8)21/h2-5H,17H2,1H3,(H,18,21,22). The number of fused-ring (bicyclic) bond motifs is 1. The number of pyridine rings is 1. The number of halogens is 1. The lowest BCUT2D eigenvalue weighted by atomic mass is 10.1. The Morgan fingerprint density at radius 3 is 2.58 bits per heavy atom. The maximum Gasteiger partial charge on any atom is 0.340 e. The van der Waals surface area contributed by atoms with Crippen molar-refractivity contribution in [3.8, 4) is 5.69 Å². The van der Waals surface area contributed by atoms with Gasteiger partial charge in [0.1, 0.15) is 11.6 Å². The van der Waals surface area contributed by atoms with Gasteiger partial charge in [0.15, 0.2) is 0 Å². The summed E-state index contributed by atoms with van der Waals surface area (Å²) in [4.78, 5) is 47.7. The summed E-state index contributed by atoms with van der Waals surface area (Å²) in [6.07, 6.45) is 0. The lowest BCUT2D eigenvalue weighted by Crippen LogP contribution is -2.25. The number of imide groups is 1. The van der Waals surface area contributed by atoms with Gasteiger partial charge in [0.2, 0.25) is 0 Å². The third-order valence-electron chi connectivity index (χ3n) is 3.56. The lowest BCUT2D eigenvalue weighted by molar-refractivity contribution is 0.0599. The number of rotatable bonds is 2. The molecule has 1 aromatic heterocycles. The van der Waals surface area contributed by atoms with Crippen LogP contribution in [0, 0.1) is 5.82 Å². The zero-order valence-corrected chi connectivity index (χ0v) is 12.3. The summed E-state index contributed by atoms with van der Waals surface area (Å²) < 4.78 is 18.9. The number of amides is 2. The first-order valence-electron chi connectivity index (χ1n) is 6.64. The maximum atomic E-state index is 13.5. The topological polar surface area (TPSA) is 120 Å². The average Bonchev–Trinajstić information content (AvgIpc) is 2.82. The summed E-state index contributed by atoms with van der Waals surface area (Å²) in [5, 5.41) is 2.02. The number of nitrogens with zero attached hydrogens (tertiary/aromatic N) is 1. The minimum absolute atomic E-state index is 0.0688. The zero-order chi connectivity index (χ0) is 17.6. The Labute approximate surface area is 133 Å². The highest BCUT2D eigenvalue weighted by molar-refractivity contribution is 6.23. The minimum atomic E-state index is -0.892. The van der Waals surface area contributed by atoms with Crippen molar-refractivity contribution in [1.82, 2.24) is 9.88 Å². The molecule has 24 heavy (non-hydrogen) atoms. The summed E-state index contributed by atoms with van der Waals surface area (Å²) >= 11 is 0. The molecular weight excluding hydrogens is 321 g/mol. The van der Waals surface area contributed by atoms with Crippen LogP contribution in [0.4, 0.5) is 10.2 Å². The third-order valence-corrected chi connectivity index (χ3v) is 3.56. The van der Waals surface area contributed by atoms with Crippen LogP contribution in [0.1, 0.15) is 31.1 Å². The molecule has 2 heterocycles. The Morgan fingerprint density at radius 2 is 1.92 bits per heavy atom. The molecule has 0 aliphatic carbocycles. The van der Waals surface area contributed by atoms with E-state index >= 15 is 0 Å². The molecule has 0 atom stereocenters. The molecule has 1 aliphatic rings. The molecule has 0 saturated carbocycles. The van der Waals surface area contributed by atoms with Gasteiger partial charge in [-0.1, -0.05) is 0 Å². The van der Waals surface area contributed by atoms with E-state index in [-0.39, 0.29) is 28.2 Å². The van der Waals surface area contributed by atoms with Crippen molar-refractivity contribution in [3.63, 3.8) is 0 Å². The normalized spacial score (nSPS) is 12.8. The molecule has 0 radical (unpaired) electrons. The minimum Gasteiger partial charge on any atom is -0.465 e. The van der Waals surface area contributed by atoms with Crippen LogP contribution < -0.4 is 16.6 Å². The smallest absolute Gasteiger partial charge is 0.340 e. The van der Waals surface area contributed by atoms with Crippen molar-refractivity contribution in [3.05, 3.63) is 57.1 Å². The number of anilines is 1. The van der Waals surface area contributed by atoms with Gasteiger partial charge in [-0.05, 0) is 18.2 Å². The molecule has 2 aromatic rings. The monoisotopic (exact) mass is 331 g/mol. The molecule has 0 spiro atoms. The maximum absolute atomic E-state index is 13.5. The largest absolute Gasteiger partial charge is 0.465 e. The van der Waals surface area contributed by atoms with E-state index in [1.165, 1.54) is 0 Å². The van der Waals surface area contributed by atoms with Gasteiger partial charge < -0.3 is 10.5 Å². The lowest BCUT2D eigenvalue weighted by Gasteiger charge is -2.14. The van der Waals surface area contributed by atoms with E-state index in [1.807, 2.05) is 5.32 Å². The van der Waals surface area contributed by atoms with E-state index in [2.05, 4.69) is 4.74 Å². The molecule has 0 bridgehead atoms. The van der Waals surface area contributed by atoms with Crippen molar-refractivity contribution in [2.45, 2.75) is 0 Å². The van der Waals surface area contributed by atoms with Crippen molar-refractivity contribution in [2.24, 2.45) is 0 Å². The number of hydrogen-bond donors (Lipinski definition) is 2. The fraction of sp³-hybridized carbons (Fsp3) is 0.0667. The zero-order valence-electron chi connectivity index (χ0n) is 12.3. The molecule has 2 amide bonds. The number of esters is 1. The van der Waals surface area contributed by atoms with Crippen LogP contribution in [0.5, 0.6) is 0 Å². The van der Waals surface area contributed by atoms with Crippen LogP contribution in [0.3, 0.4) is 0 Å². The molecular formula is C15H10FN3O5. The van der Waals surface area contributed by atoms with Crippen LogP contribution in [0.15, 0.2) is 29.1 Å². The van der Waals surface area contributed by atoms with Gasteiger partial charge in [-0.3, -0.25) is 24.3 Å². The van der Waals surface area contributed by atoms with Crippen molar-refractivity contribution >= 4 is 23.6 Å². The van der Waals surface area contributed by atoms with Crippen LogP contribution in [-0.4, -0.2) is 29.5 Å². The van der Waals surface area contributed by atoms with Crippen LogP contribution in [-0.2, 0) is 4.74 Å². The summed E-state index contributed by atoms with van der Waals surface area (Å²) in [5.74, 6) is -3.45. The van der Waals surface area contributed by atoms with Gasteiger partial charge in [-0.25, -0.2) is 9.18 Å². The number of carbonyl (C=O) groups excluding carboxylic acids is 3. The van der Waals surface area contributed by atoms with Crippen LogP contribution >= 0.6 is 0 Å². The Morgan fingerprint density at radius 1 is 1.21 bits per heavy atom. The number of nitrogen functional groups attached to an aromatic ring is 1. The van der Waals surface area contributed by atoms with Gasteiger partial charge in [-0.2, -0.15) is 0 Å². The van der Waals surface area contributed by atoms with Gasteiger partial charge >= 0.3 is 5.97 Å². The molecule has 122 valence electrons. The SMILES string of the molecule is COC(=O)c1cc(F)ccc1-n1c(N)c2c(cc1=O)C(=O)NC2=O. The molecule has 0 fully saturated rings. The van der Waals surface area contributed by atoms with Gasteiger partial charge in [0.05, 0.1) is 29.5 Å². The second-order valence-corrected chi connectivity index (χ2v) is 4.93. The number of nitrogens with two attached hydrogens (primary N) is 1. The third kappa shape index (κ3) is 2.14. The Hall–Kier alpha value is -3.49. The number of benzene rings is 1. The quantitative estimate of drug-likeness (QED) is 0.600. The highest BCUT2D eigenvalue weighted by Crippen LogP contribution is 2.25. The summed E-state index contributed by atoms with van der Waals surface area (Å²) in [5.41, 5.74) is 4.46. The summed E-state index contributed by atoms with van der Waals surface area (Å²) in [6.45, 7) is 0. The molecule has 8 nitrogen and oxygen atoms in total. The predicted molar refractivity (Wildman–Crippen MR) is 79.5 cm³/mol. The van der Waals surface area contributed by atoms with Crippen molar-refractivity contribution < 1.29 is 23.5 Å². The Balaban J connectivity index is 2.36. The first kappa shape index (κ1) is 15.4. The fourth-order valence-electron chi connectivity index (χ4n) is 2.50. The molecule has 3 N–H and O–H groups in total. The van der Waals surface area contributed by atoms with E-state index in [0.717, 1.165) is 35.9 Å². The van der Waals surface area contributed by atoms with E-state index < -0.39 is 29.2 Å². The highest BCUT2D eigenvalue weighted by atomic mass is 19.1. The van der Waals surface area contributed by atoms with E-state index in [9.17, 15) is 23.6 Å². The number of carbonyl (C=O) groups is 3. The number of aromatic nitrogens is 1. The first-order chi connectivity index (χ1) is 11.3. The molecule has 0 saturated heterocycles. The van der Waals surface area contributed by atoms with Gasteiger partial charge in [-0.15, -0.1) is 0 Å². The van der Waals surface area contributed by atoms with E-state index in [1.54, 1.807) is 0 Å². The molecule has 3 rings (SSSR count). The van der Waals surface area contributed by atoms with E-state index in [0.29, 0.717) is 0 Å². The molecule has 1 aromatic carbocycles. The number of hydrogen-bond acceptors (Lipinski definition) is 6. The van der Waals surface area contributed by atoms with E-state index in [4.69, 9.17) is 5.73 Å². The molecule has 9 heteroatoms. The second kappa shape index (κ2) is 5.30. The Kier molecular flexibility index (Phi) is 3.40. The van der Waals surface area contributed by atoms with Gasteiger partial charge in [0.25, 0.3) is 17.4 Å². The van der Waals surface area contributed by atoms with Crippen LogP contribution in [0.2, 0.25) is 0 Å². The number of nitrogens with one attached hydrogen (secondary N) is 1. The number of methoxy groups -OCH3 is 1. The predicted octanol–water partition coefficient (Wildman–Crippen LogP) is 0.229. The fourth-order valence-corrected chi connectivity index (χ4v) is 2.50. The summed E-state index contributed by atoms with van der Waals surface area (Å²) in [7, 11) is 1.10. The van der Waals surface area contributed by atoms with Crippen molar-refractivity contribution in [1.29, 1.82) is 0 Å². The molecule has 0 unspecified atom stereocenters.